The van der Waals surface area contributed by atoms with Gasteiger partial charge in [0.1, 0.15) is 0 Å². The van der Waals surface area contributed by atoms with Crippen LogP contribution in [0.4, 0.5) is 0 Å². The Morgan fingerprint density at radius 2 is 1.33 bits per heavy atom. The average molecular weight is 348 g/mol. The molecule has 0 atom stereocenters. The molecule has 0 spiro atoms. The minimum atomic E-state index is 0.616. The average Bonchev–Trinajstić information content (AvgIpc) is 3.19. The van der Waals surface area contributed by atoms with Crippen molar-refractivity contribution in [3.63, 3.8) is 0 Å². The van der Waals surface area contributed by atoms with Crippen LogP contribution in [0.3, 0.4) is 0 Å². The molecule has 0 amide bonds. The third kappa shape index (κ3) is 3.14. The van der Waals surface area contributed by atoms with Crippen molar-refractivity contribution < 1.29 is 0 Å². The molecule has 0 saturated heterocycles. The molecule has 1 aromatic heterocycles. The predicted octanol–water partition coefficient (Wildman–Crippen LogP) is 5.12. The Balaban J connectivity index is 1.90. The zero-order valence-electron chi connectivity index (χ0n) is 14.6. The molecule has 0 N–H and O–H groups in total. The Kier molecular flexibility index (Phi) is 4.34. The highest BCUT2D eigenvalue weighted by atomic mass is 15.3. The second kappa shape index (κ2) is 7.11. The summed E-state index contributed by atoms with van der Waals surface area (Å²) in [5.41, 5.74) is 4.52. The first-order valence-corrected chi connectivity index (χ1v) is 8.54. The van der Waals surface area contributed by atoms with Crippen LogP contribution in [0.15, 0.2) is 85.4 Å². The quantitative estimate of drug-likeness (QED) is 0.514. The molecule has 4 aromatic rings. The van der Waals surface area contributed by atoms with Gasteiger partial charge in [-0.15, -0.1) is 10.2 Å². The van der Waals surface area contributed by atoms with Crippen LogP contribution in [-0.4, -0.2) is 14.8 Å². The van der Waals surface area contributed by atoms with Crippen molar-refractivity contribution in [2.75, 3.05) is 0 Å². The minimum Gasteiger partial charge on any atom is -0.275 e. The lowest BCUT2D eigenvalue weighted by atomic mass is 10.1. The fraction of sp³-hybridized carbons (Fsp3) is 0. The summed E-state index contributed by atoms with van der Waals surface area (Å²) in [5.74, 6) is 1.49. The lowest BCUT2D eigenvalue weighted by Crippen LogP contribution is -2.00. The van der Waals surface area contributed by atoms with Gasteiger partial charge in [0.2, 0.25) is 0 Å². The Hall–Kier alpha value is -3.97. The van der Waals surface area contributed by atoms with E-state index in [2.05, 4.69) is 22.8 Å². The number of hydrogen-bond donors (Lipinski definition) is 0. The summed E-state index contributed by atoms with van der Waals surface area (Å²) in [7, 11) is 0. The maximum atomic E-state index is 9.04. The molecule has 128 valence electrons. The summed E-state index contributed by atoms with van der Waals surface area (Å²) < 4.78 is 2.03. The van der Waals surface area contributed by atoms with Gasteiger partial charge in [0.15, 0.2) is 11.6 Å². The molecule has 3 aromatic carbocycles. The summed E-state index contributed by atoms with van der Waals surface area (Å²) in [6.45, 7) is 3.80. The highest BCUT2D eigenvalue weighted by Crippen LogP contribution is 2.28. The molecular formula is C23H16N4. The summed E-state index contributed by atoms with van der Waals surface area (Å²) in [4.78, 5) is 0. The summed E-state index contributed by atoms with van der Waals surface area (Å²) in [6.07, 6.45) is 1.81. The largest absolute Gasteiger partial charge is 0.275 e. The van der Waals surface area contributed by atoms with Crippen LogP contribution in [0.1, 0.15) is 11.1 Å². The Morgan fingerprint density at radius 3 is 1.85 bits per heavy atom. The van der Waals surface area contributed by atoms with E-state index in [1.54, 1.807) is 12.1 Å². The molecule has 0 radical (unpaired) electrons. The molecule has 0 unspecified atom stereocenters. The van der Waals surface area contributed by atoms with E-state index in [4.69, 9.17) is 5.26 Å². The van der Waals surface area contributed by atoms with E-state index in [1.807, 2.05) is 77.4 Å². The van der Waals surface area contributed by atoms with E-state index < -0.39 is 0 Å². The number of nitriles is 1. The van der Waals surface area contributed by atoms with Gasteiger partial charge in [-0.2, -0.15) is 5.26 Å². The van der Waals surface area contributed by atoms with Gasteiger partial charge in [0.25, 0.3) is 0 Å². The number of benzene rings is 3. The first kappa shape index (κ1) is 16.5. The normalized spacial score (nSPS) is 10.3. The van der Waals surface area contributed by atoms with Crippen molar-refractivity contribution in [1.82, 2.24) is 14.8 Å². The van der Waals surface area contributed by atoms with Gasteiger partial charge in [0, 0.05) is 16.8 Å². The molecule has 0 aliphatic heterocycles. The second-order valence-corrected chi connectivity index (χ2v) is 6.03. The van der Waals surface area contributed by atoms with Crippen molar-refractivity contribution in [3.8, 4) is 34.5 Å². The van der Waals surface area contributed by atoms with Gasteiger partial charge in [-0.05, 0) is 42.0 Å². The minimum absolute atomic E-state index is 0.616. The number of hydrogen-bond acceptors (Lipinski definition) is 3. The van der Waals surface area contributed by atoms with Gasteiger partial charge in [-0.3, -0.25) is 4.57 Å². The molecule has 0 bridgehead atoms. The molecule has 0 aliphatic rings. The first-order valence-electron chi connectivity index (χ1n) is 8.54. The highest BCUT2D eigenvalue weighted by Gasteiger charge is 2.17. The lowest BCUT2D eigenvalue weighted by Gasteiger charge is -2.11. The van der Waals surface area contributed by atoms with Crippen LogP contribution in [-0.2, 0) is 0 Å². The fourth-order valence-corrected chi connectivity index (χ4v) is 2.94. The Bertz CT molecular complexity index is 1120. The lowest BCUT2D eigenvalue weighted by molar-refractivity contribution is 1.07. The second-order valence-electron chi connectivity index (χ2n) is 6.03. The summed E-state index contributed by atoms with van der Waals surface area (Å²) in [6, 6.07) is 27.6. The third-order valence-corrected chi connectivity index (χ3v) is 4.35. The molecule has 27 heavy (non-hydrogen) atoms. The summed E-state index contributed by atoms with van der Waals surface area (Å²) >= 11 is 0. The smallest absolute Gasteiger partial charge is 0.168 e. The molecule has 4 rings (SSSR count). The van der Waals surface area contributed by atoms with Gasteiger partial charge in [-0.1, -0.05) is 55.1 Å². The van der Waals surface area contributed by atoms with E-state index in [0.29, 0.717) is 5.56 Å². The first-order chi connectivity index (χ1) is 13.3. The van der Waals surface area contributed by atoms with Gasteiger partial charge in [0.05, 0.1) is 11.6 Å². The van der Waals surface area contributed by atoms with E-state index in [1.165, 1.54) is 0 Å². The molecule has 4 nitrogen and oxygen atoms in total. The van der Waals surface area contributed by atoms with Crippen molar-refractivity contribution in [2.24, 2.45) is 0 Å². The van der Waals surface area contributed by atoms with Crippen LogP contribution in [0.25, 0.3) is 34.5 Å². The van der Waals surface area contributed by atoms with Crippen molar-refractivity contribution in [2.45, 2.75) is 0 Å². The SMILES string of the molecule is C=Cc1ccc(-c2nnc(-c3ccc(C#N)cc3)n2-c2ccccc2)cc1. The monoisotopic (exact) mass is 348 g/mol. The van der Waals surface area contributed by atoms with Gasteiger partial charge < -0.3 is 0 Å². The van der Waals surface area contributed by atoms with Crippen molar-refractivity contribution in [1.29, 1.82) is 5.26 Å². The molecule has 0 aliphatic carbocycles. The van der Waals surface area contributed by atoms with Crippen LogP contribution in [0.5, 0.6) is 0 Å². The highest BCUT2D eigenvalue weighted by molar-refractivity contribution is 5.68. The van der Waals surface area contributed by atoms with E-state index in [-0.39, 0.29) is 0 Å². The maximum absolute atomic E-state index is 9.04. The Morgan fingerprint density at radius 1 is 0.778 bits per heavy atom. The van der Waals surface area contributed by atoms with Crippen LogP contribution >= 0.6 is 0 Å². The van der Waals surface area contributed by atoms with Crippen molar-refractivity contribution >= 4 is 6.08 Å². The van der Waals surface area contributed by atoms with E-state index in [0.717, 1.165) is 34.0 Å². The van der Waals surface area contributed by atoms with Gasteiger partial charge >= 0.3 is 0 Å². The third-order valence-electron chi connectivity index (χ3n) is 4.35. The number of nitrogens with zero attached hydrogens (tertiary/aromatic N) is 4. The van der Waals surface area contributed by atoms with Gasteiger partial charge in [-0.25, -0.2) is 0 Å². The molecule has 0 fully saturated rings. The standard InChI is InChI=1S/C23H16N4/c1-2-17-8-12-19(13-9-17)22-25-26-23(20-14-10-18(16-24)11-15-20)27(22)21-6-4-3-5-7-21/h2-15H,1H2. The zero-order valence-corrected chi connectivity index (χ0v) is 14.6. The van der Waals surface area contributed by atoms with Crippen LogP contribution in [0, 0.1) is 11.3 Å². The zero-order chi connectivity index (χ0) is 18.6. The number of rotatable bonds is 4. The molecule has 1 heterocycles. The predicted molar refractivity (Wildman–Crippen MR) is 107 cm³/mol. The van der Waals surface area contributed by atoms with E-state index in [9.17, 15) is 0 Å². The fourth-order valence-electron chi connectivity index (χ4n) is 2.94. The number of aromatic nitrogens is 3. The van der Waals surface area contributed by atoms with E-state index >= 15 is 0 Å². The number of para-hydroxylation sites is 1. The Labute approximate surface area is 157 Å². The molecule has 0 saturated carbocycles. The summed E-state index contributed by atoms with van der Waals surface area (Å²) in [5, 5.41) is 17.9. The molecule has 4 heteroatoms. The topological polar surface area (TPSA) is 54.5 Å². The maximum Gasteiger partial charge on any atom is 0.168 e. The molecular weight excluding hydrogens is 332 g/mol. The van der Waals surface area contributed by atoms with Crippen LogP contribution < -0.4 is 0 Å². The van der Waals surface area contributed by atoms with Crippen molar-refractivity contribution in [3.05, 3.63) is 96.6 Å². The van der Waals surface area contributed by atoms with Crippen LogP contribution in [0.2, 0.25) is 0 Å².